The van der Waals surface area contributed by atoms with E-state index in [-0.39, 0.29) is 11.4 Å². The maximum atomic E-state index is 13.9. The molecule has 0 aliphatic carbocycles. The Morgan fingerprint density at radius 3 is 2.36 bits per heavy atom. The van der Waals surface area contributed by atoms with Gasteiger partial charge in [-0.3, -0.25) is 9.52 Å². The Morgan fingerprint density at radius 1 is 0.964 bits per heavy atom. The summed E-state index contributed by atoms with van der Waals surface area (Å²) in [4.78, 5) is 12.1. The van der Waals surface area contributed by atoms with Crippen LogP contribution in [0.1, 0.15) is 15.9 Å². The first-order valence-corrected chi connectivity index (χ1v) is 10.1. The third kappa shape index (κ3) is 4.32. The van der Waals surface area contributed by atoms with Crippen molar-refractivity contribution >= 4 is 38.9 Å². The minimum Gasteiger partial charge on any atom is -0.320 e. The highest BCUT2D eigenvalue weighted by Crippen LogP contribution is 2.29. The number of hydrogen-bond donors (Lipinski definition) is 2. The summed E-state index contributed by atoms with van der Waals surface area (Å²) >= 11 is 6.00. The van der Waals surface area contributed by atoms with E-state index in [0.717, 1.165) is 17.7 Å². The summed E-state index contributed by atoms with van der Waals surface area (Å²) in [5, 5.41) is 2.95. The molecule has 0 atom stereocenters. The van der Waals surface area contributed by atoms with Gasteiger partial charge in [-0.05, 0) is 48.9 Å². The van der Waals surface area contributed by atoms with Crippen LogP contribution in [0.15, 0.2) is 71.6 Å². The summed E-state index contributed by atoms with van der Waals surface area (Å²) in [6.07, 6.45) is 0. The van der Waals surface area contributed by atoms with Crippen molar-refractivity contribution < 1.29 is 17.6 Å². The van der Waals surface area contributed by atoms with E-state index in [1.807, 2.05) is 0 Å². The first-order chi connectivity index (χ1) is 13.3. The van der Waals surface area contributed by atoms with Gasteiger partial charge in [0, 0.05) is 10.6 Å². The first-order valence-electron chi connectivity index (χ1n) is 8.22. The molecular formula is C20H16ClFN2O3S. The molecule has 0 heterocycles. The molecule has 8 heteroatoms. The standard InChI is InChI=1S/C20H16ClFN2O3S/c1-13-6-2-3-7-15(13)20(25)23-18-12-14(21)10-11-17(18)24-28(26,27)19-9-5-4-8-16(19)22/h2-12,24H,1H3,(H,23,25). The molecule has 3 aromatic rings. The molecule has 3 aromatic carbocycles. The summed E-state index contributed by atoms with van der Waals surface area (Å²) in [7, 11) is -4.21. The maximum absolute atomic E-state index is 13.9. The van der Waals surface area contributed by atoms with E-state index in [0.29, 0.717) is 10.6 Å². The number of anilines is 2. The number of sulfonamides is 1. The topological polar surface area (TPSA) is 75.3 Å². The smallest absolute Gasteiger partial charge is 0.264 e. The Bertz CT molecular complexity index is 1150. The number of carbonyl (C=O) groups is 1. The van der Waals surface area contributed by atoms with Crippen LogP contribution in [0.25, 0.3) is 0 Å². The van der Waals surface area contributed by atoms with Crippen LogP contribution >= 0.6 is 11.6 Å². The molecule has 0 aliphatic rings. The highest BCUT2D eigenvalue weighted by molar-refractivity contribution is 7.92. The number of hydrogen-bond acceptors (Lipinski definition) is 3. The molecule has 144 valence electrons. The van der Waals surface area contributed by atoms with Crippen LogP contribution < -0.4 is 10.0 Å². The van der Waals surface area contributed by atoms with Crippen LogP contribution in [0.2, 0.25) is 5.02 Å². The number of aryl methyl sites for hydroxylation is 1. The normalized spacial score (nSPS) is 11.1. The molecule has 0 aromatic heterocycles. The molecule has 0 spiro atoms. The molecule has 1 amide bonds. The Hall–Kier alpha value is -2.90. The molecule has 2 N–H and O–H groups in total. The second-order valence-corrected chi connectivity index (χ2v) is 8.08. The lowest BCUT2D eigenvalue weighted by atomic mass is 10.1. The van der Waals surface area contributed by atoms with Gasteiger partial charge >= 0.3 is 0 Å². The van der Waals surface area contributed by atoms with E-state index < -0.39 is 26.6 Å². The summed E-state index contributed by atoms with van der Waals surface area (Å²) in [5.41, 5.74) is 1.41. The monoisotopic (exact) mass is 418 g/mol. The minimum atomic E-state index is -4.21. The zero-order valence-corrected chi connectivity index (χ0v) is 16.3. The number of benzene rings is 3. The molecule has 3 rings (SSSR count). The van der Waals surface area contributed by atoms with Crippen molar-refractivity contribution in [2.75, 3.05) is 10.0 Å². The van der Waals surface area contributed by atoms with Gasteiger partial charge in [0.15, 0.2) is 0 Å². The van der Waals surface area contributed by atoms with Gasteiger partial charge < -0.3 is 5.32 Å². The SMILES string of the molecule is Cc1ccccc1C(=O)Nc1cc(Cl)ccc1NS(=O)(=O)c1ccccc1F. The average Bonchev–Trinajstić information content (AvgIpc) is 2.64. The third-order valence-corrected chi connectivity index (χ3v) is 5.62. The fraction of sp³-hybridized carbons (Fsp3) is 0.0500. The van der Waals surface area contributed by atoms with Gasteiger partial charge in [-0.2, -0.15) is 0 Å². The Labute approximate surface area is 167 Å². The van der Waals surface area contributed by atoms with Gasteiger partial charge in [0.25, 0.3) is 15.9 Å². The zero-order chi connectivity index (χ0) is 20.3. The highest BCUT2D eigenvalue weighted by Gasteiger charge is 2.21. The quantitative estimate of drug-likeness (QED) is 0.622. The fourth-order valence-electron chi connectivity index (χ4n) is 2.59. The van der Waals surface area contributed by atoms with Gasteiger partial charge in [-0.15, -0.1) is 0 Å². The van der Waals surface area contributed by atoms with Gasteiger partial charge in [0.2, 0.25) is 0 Å². The summed E-state index contributed by atoms with van der Waals surface area (Å²) in [6, 6.07) is 16.3. The molecule has 28 heavy (non-hydrogen) atoms. The Balaban J connectivity index is 1.95. The van der Waals surface area contributed by atoms with Crippen molar-refractivity contribution in [2.45, 2.75) is 11.8 Å². The molecule has 0 saturated heterocycles. The molecule has 0 aliphatic heterocycles. The van der Waals surface area contributed by atoms with Crippen LogP contribution in [0.5, 0.6) is 0 Å². The molecule has 0 radical (unpaired) electrons. The van der Waals surface area contributed by atoms with Crippen molar-refractivity contribution in [2.24, 2.45) is 0 Å². The van der Waals surface area contributed by atoms with E-state index in [1.54, 1.807) is 31.2 Å². The summed E-state index contributed by atoms with van der Waals surface area (Å²) in [6.45, 7) is 1.79. The average molecular weight is 419 g/mol. The third-order valence-electron chi connectivity index (χ3n) is 3.99. The number of nitrogens with one attached hydrogen (secondary N) is 2. The number of amides is 1. The Morgan fingerprint density at radius 2 is 1.64 bits per heavy atom. The lowest BCUT2D eigenvalue weighted by molar-refractivity contribution is 0.102. The maximum Gasteiger partial charge on any atom is 0.264 e. The highest BCUT2D eigenvalue weighted by atomic mass is 35.5. The van der Waals surface area contributed by atoms with Crippen molar-refractivity contribution in [3.63, 3.8) is 0 Å². The second kappa shape index (κ2) is 8.00. The van der Waals surface area contributed by atoms with Crippen molar-refractivity contribution in [3.8, 4) is 0 Å². The first kappa shape index (κ1) is 19.9. The van der Waals surface area contributed by atoms with Crippen LogP contribution in [0, 0.1) is 12.7 Å². The predicted molar refractivity (Wildman–Crippen MR) is 108 cm³/mol. The summed E-state index contributed by atoms with van der Waals surface area (Å²) < 4.78 is 41.4. The van der Waals surface area contributed by atoms with Gasteiger partial charge in [-0.25, -0.2) is 12.8 Å². The number of carbonyl (C=O) groups excluding carboxylic acids is 1. The number of rotatable bonds is 5. The van der Waals surface area contributed by atoms with Crippen LogP contribution in [0.3, 0.4) is 0 Å². The van der Waals surface area contributed by atoms with Crippen LogP contribution in [-0.2, 0) is 10.0 Å². The van der Waals surface area contributed by atoms with Crippen LogP contribution in [-0.4, -0.2) is 14.3 Å². The minimum absolute atomic E-state index is 0.0644. The lowest BCUT2D eigenvalue weighted by Gasteiger charge is -2.15. The van der Waals surface area contributed by atoms with Crippen molar-refractivity contribution in [3.05, 3.63) is 88.7 Å². The largest absolute Gasteiger partial charge is 0.320 e. The lowest BCUT2D eigenvalue weighted by Crippen LogP contribution is -2.18. The van der Waals surface area contributed by atoms with Crippen molar-refractivity contribution in [1.82, 2.24) is 0 Å². The van der Waals surface area contributed by atoms with Gasteiger partial charge in [-0.1, -0.05) is 41.9 Å². The van der Waals surface area contributed by atoms with Gasteiger partial charge in [0.05, 0.1) is 11.4 Å². The number of halogens is 2. The van der Waals surface area contributed by atoms with E-state index in [2.05, 4.69) is 10.0 Å². The molecule has 0 unspecified atom stereocenters. The van der Waals surface area contributed by atoms with Gasteiger partial charge in [0.1, 0.15) is 10.7 Å². The van der Waals surface area contributed by atoms with E-state index >= 15 is 0 Å². The van der Waals surface area contributed by atoms with E-state index in [4.69, 9.17) is 11.6 Å². The molecular weight excluding hydrogens is 403 g/mol. The molecule has 5 nitrogen and oxygen atoms in total. The van der Waals surface area contributed by atoms with Crippen molar-refractivity contribution in [1.29, 1.82) is 0 Å². The predicted octanol–water partition coefficient (Wildman–Crippen LogP) is 4.84. The van der Waals surface area contributed by atoms with E-state index in [9.17, 15) is 17.6 Å². The molecule has 0 bridgehead atoms. The zero-order valence-electron chi connectivity index (χ0n) is 14.7. The molecule has 0 saturated carbocycles. The fourth-order valence-corrected chi connectivity index (χ4v) is 3.92. The second-order valence-electron chi connectivity index (χ2n) is 5.99. The summed E-state index contributed by atoms with van der Waals surface area (Å²) in [5.74, 6) is -1.30. The Kier molecular flexibility index (Phi) is 5.67. The van der Waals surface area contributed by atoms with E-state index in [1.165, 1.54) is 30.3 Å². The van der Waals surface area contributed by atoms with Crippen LogP contribution in [0.4, 0.5) is 15.8 Å². The molecule has 0 fully saturated rings.